The molecule has 0 saturated carbocycles. The van der Waals surface area contributed by atoms with Gasteiger partial charge in [0.1, 0.15) is 6.61 Å². The molecule has 2 heterocycles. The lowest BCUT2D eigenvalue weighted by molar-refractivity contribution is 0.0715. The molecule has 1 aliphatic rings. The van der Waals surface area contributed by atoms with Crippen LogP contribution in [-0.2, 0) is 6.54 Å². The number of rotatable bonds is 4. The first-order chi connectivity index (χ1) is 10.7. The highest BCUT2D eigenvalue weighted by atomic mass is 16.6. The van der Waals surface area contributed by atoms with Gasteiger partial charge in [-0.15, -0.1) is 0 Å². The largest absolute Gasteiger partial charge is 0.486 e. The minimum Gasteiger partial charge on any atom is -0.486 e. The summed E-state index contributed by atoms with van der Waals surface area (Å²) in [5.74, 6) is 1.45. The van der Waals surface area contributed by atoms with Gasteiger partial charge in [0.25, 0.3) is 0 Å². The molecule has 2 N–H and O–H groups in total. The fraction of sp³-hybridized carbons (Fsp3) is 0.333. The van der Waals surface area contributed by atoms with E-state index in [4.69, 9.17) is 9.47 Å². The van der Waals surface area contributed by atoms with Crippen LogP contribution in [0, 0.1) is 0 Å². The van der Waals surface area contributed by atoms with E-state index in [2.05, 4.69) is 15.5 Å². The van der Waals surface area contributed by atoms with E-state index in [1.54, 1.807) is 18.1 Å². The van der Waals surface area contributed by atoms with Crippen molar-refractivity contribution in [1.82, 2.24) is 20.4 Å². The van der Waals surface area contributed by atoms with Crippen molar-refractivity contribution in [2.75, 3.05) is 20.2 Å². The number of hydrogen-bond acceptors (Lipinski definition) is 4. The molecule has 3 rings (SSSR count). The summed E-state index contributed by atoms with van der Waals surface area (Å²) in [5, 5.41) is 9.44. The Kier molecular flexibility index (Phi) is 4.13. The zero-order chi connectivity index (χ0) is 15.4. The maximum Gasteiger partial charge on any atom is 0.317 e. The number of benzene rings is 1. The fourth-order valence-corrected chi connectivity index (χ4v) is 2.23. The Morgan fingerprint density at radius 1 is 1.41 bits per heavy atom. The molecule has 1 aliphatic heterocycles. The number of urea groups is 1. The summed E-state index contributed by atoms with van der Waals surface area (Å²) in [6.07, 6.45) is 1.47. The number of aromatic nitrogens is 2. The van der Waals surface area contributed by atoms with E-state index in [0.717, 1.165) is 11.4 Å². The molecule has 0 spiro atoms. The average molecular weight is 302 g/mol. The van der Waals surface area contributed by atoms with Crippen molar-refractivity contribution in [3.8, 4) is 11.5 Å². The molecule has 116 valence electrons. The summed E-state index contributed by atoms with van der Waals surface area (Å²) in [7, 11) is 1.73. The standard InChI is InChI=1S/C15H18N4O3/c1-19(15(20)16-8-11-6-7-17-18-11)9-12-10-21-13-4-2-3-5-14(13)22-12/h2-7,12H,8-10H2,1H3,(H,16,20)(H,17,18)/t12-/m1/s1. The molecule has 0 fully saturated rings. The Hall–Kier alpha value is -2.70. The highest BCUT2D eigenvalue weighted by Gasteiger charge is 2.23. The first-order valence-electron chi connectivity index (χ1n) is 7.08. The number of carbonyl (C=O) groups is 1. The fourth-order valence-electron chi connectivity index (χ4n) is 2.23. The number of likely N-dealkylation sites (N-methyl/N-ethyl adjacent to an activating group) is 1. The predicted molar refractivity (Wildman–Crippen MR) is 79.8 cm³/mol. The molecular formula is C15H18N4O3. The van der Waals surface area contributed by atoms with Crippen molar-refractivity contribution in [1.29, 1.82) is 0 Å². The van der Waals surface area contributed by atoms with E-state index >= 15 is 0 Å². The van der Waals surface area contributed by atoms with Crippen LogP contribution in [0.15, 0.2) is 36.5 Å². The number of para-hydroxylation sites is 2. The average Bonchev–Trinajstić information content (AvgIpc) is 3.06. The number of nitrogens with one attached hydrogen (secondary N) is 2. The molecule has 7 heteroatoms. The molecular weight excluding hydrogens is 284 g/mol. The Morgan fingerprint density at radius 3 is 3.00 bits per heavy atom. The van der Waals surface area contributed by atoms with Gasteiger partial charge >= 0.3 is 6.03 Å². The number of H-pyrrole nitrogens is 1. The van der Waals surface area contributed by atoms with Crippen LogP contribution in [0.4, 0.5) is 4.79 Å². The lowest BCUT2D eigenvalue weighted by Crippen LogP contribution is -2.45. The van der Waals surface area contributed by atoms with Crippen LogP contribution in [0.25, 0.3) is 0 Å². The summed E-state index contributed by atoms with van der Waals surface area (Å²) >= 11 is 0. The van der Waals surface area contributed by atoms with Crippen LogP contribution < -0.4 is 14.8 Å². The molecule has 1 aromatic carbocycles. The van der Waals surface area contributed by atoms with E-state index in [1.807, 2.05) is 30.3 Å². The van der Waals surface area contributed by atoms with Crippen molar-refractivity contribution in [3.05, 3.63) is 42.2 Å². The van der Waals surface area contributed by atoms with Crippen LogP contribution in [-0.4, -0.2) is 47.4 Å². The smallest absolute Gasteiger partial charge is 0.317 e. The second kappa shape index (κ2) is 6.38. The predicted octanol–water partition coefficient (Wildman–Crippen LogP) is 1.39. The molecule has 2 amide bonds. The van der Waals surface area contributed by atoms with Gasteiger partial charge in [-0.3, -0.25) is 5.10 Å². The summed E-state index contributed by atoms with van der Waals surface area (Å²) in [6.45, 7) is 1.28. The zero-order valence-corrected chi connectivity index (χ0v) is 12.3. The molecule has 0 saturated heterocycles. The molecule has 1 atom stereocenters. The second-order valence-corrected chi connectivity index (χ2v) is 5.12. The SMILES string of the molecule is CN(C[C@@H]1COc2ccccc2O1)C(=O)NCc1ccn[nH]1. The quantitative estimate of drug-likeness (QED) is 0.894. The maximum atomic E-state index is 12.0. The van der Waals surface area contributed by atoms with Gasteiger partial charge in [-0.1, -0.05) is 12.1 Å². The van der Waals surface area contributed by atoms with E-state index in [-0.39, 0.29) is 12.1 Å². The minimum atomic E-state index is -0.183. The molecule has 22 heavy (non-hydrogen) atoms. The first-order valence-corrected chi connectivity index (χ1v) is 7.08. The van der Waals surface area contributed by atoms with Gasteiger partial charge in [0, 0.05) is 13.2 Å². The van der Waals surface area contributed by atoms with Crippen molar-refractivity contribution in [2.45, 2.75) is 12.6 Å². The zero-order valence-electron chi connectivity index (χ0n) is 12.3. The number of fused-ring (bicyclic) bond motifs is 1. The van der Waals surface area contributed by atoms with Gasteiger partial charge in [-0.2, -0.15) is 5.10 Å². The Labute approximate surface area is 128 Å². The van der Waals surface area contributed by atoms with Crippen LogP contribution in [0.5, 0.6) is 11.5 Å². The maximum absolute atomic E-state index is 12.0. The third-order valence-electron chi connectivity index (χ3n) is 3.38. The van der Waals surface area contributed by atoms with Crippen molar-refractivity contribution in [3.63, 3.8) is 0 Å². The van der Waals surface area contributed by atoms with Crippen LogP contribution >= 0.6 is 0 Å². The number of ether oxygens (including phenoxy) is 2. The number of amides is 2. The molecule has 7 nitrogen and oxygen atoms in total. The van der Waals surface area contributed by atoms with Gasteiger partial charge in [-0.25, -0.2) is 4.79 Å². The second-order valence-electron chi connectivity index (χ2n) is 5.12. The van der Waals surface area contributed by atoms with E-state index in [9.17, 15) is 4.79 Å². The topological polar surface area (TPSA) is 79.5 Å². The number of nitrogens with zero attached hydrogens (tertiary/aromatic N) is 2. The van der Waals surface area contributed by atoms with Crippen LogP contribution in [0.2, 0.25) is 0 Å². The van der Waals surface area contributed by atoms with Gasteiger partial charge in [-0.05, 0) is 18.2 Å². The Morgan fingerprint density at radius 2 is 2.23 bits per heavy atom. The molecule has 0 bridgehead atoms. The summed E-state index contributed by atoms with van der Waals surface area (Å²) in [6, 6.07) is 9.17. The van der Waals surface area contributed by atoms with Gasteiger partial charge < -0.3 is 19.7 Å². The summed E-state index contributed by atoms with van der Waals surface area (Å²) < 4.78 is 11.5. The lowest BCUT2D eigenvalue weighted by atomic mass is 10.2. The highest BCUT2D eigenvalue weighted by Crippen LogP contribution is 2.30. The van der Waals surface area contributed by atoms with Gasteiger partial charge in [0.2, 0.25) is 0 Å². The lowest BCUT2D eigenvalue weighted by Gasteiger charge is -2.29. The van der Waals surface area contributed by atoms with Crippen molar-refractivity contribution >= 4 is 6.03 Å². The molecule has 0 unspecified atom stereocenters. The third-order valence-corrected chi connectivity index (χ3v) is 3.38. The van der Waals surface area contributed by atoms with Gasteiger partial charge in [0.05, 0.1) is 18.8 Å². The van der Waals surface area contributed by atoms with Crippen molar-refractivity contribution in [2.24, 2.45) is 0 Å². The monoisotopic (exact) mass is 302 g/mol. The molecule has 0 aliphatic carbocycles. The minimum absolute atomic E-state index is 0.169. The van der Waals surface area contributed by atoms with Gasteiger partial charge in [0.15, 0.2) is 17.6 Å². The summed E-state index contributed by atoms with van der Waals surface area (Å²) in [5.41, 5.74) is 0.855. The Balaban J connectivity index is 1.49. The number of hydrogen-bond donors (Lipinski definition) is 2. The normalized spacial score (nSPS) is 16.1. The van der Waals surface area contributed by atoms with Crippen LogP contribution in [0.3, 0.4) is 0 Å². The number of aromatic amines is 1. The van der Waals surface area contributed by atoms with E-state index < -0.39 is 0 Å². The molecule has 1 aromatic heterocycles. The Bertz CT molecular complexity index is 629. The first kappa shape index (κ1) is 14.2. The van der Waals surface area contributed by atoms with Crippen molar-refractivity contribution < 1.29 is 14.3 Å². The van der Waals surface area contributed by atoms with E-state index in [0.29, 0.717) is 25.4 Å². The third kappa shape index (κ3) is 3.30. The molecule has 2 aromatic rings. The van der Waals surface area contributed by atoms with Crippen LogP contribution in [0.1, 0.15) is 5.69 Å². The van der Waals surface area contributed by atoms with E-state index in [1.165, 1.54) is 0 Å². The molecule has 0 radical (unpaired) electrons. The number of carbonyl (C=O) groups excluding carboxylic acids is 1. The summed E-state index contributed by atoms with van der Waals surface area (Å²) in [4.78, 5) is 13.6. The highest BCUT2D eigenvalue weighted by molar-refractivity contribution is 5.73.